The van der Waals surface area contributed by atoms with Gasteiger partial charge in [0.25, 0.3) is 5.91 Å². The maximum Gasteiger partial charge on any atom is 0.273 e. The Morgan fingerprint density at radius 2 is 2.04 bits per heavy atom. The van der Waals surface area contributed by atoms with E-state index in [1.807, 2.05) is 24.3 Å². The van der Waals surface area contributed by atoms with E-state index in [1.54, 1.807) is 18.2 Å². The van der Waals surface area contributed by atoms with Crippen LogP contribution in [0.15, 0.2) is 54.7 Å². The smallest absolute Gasteiger partial charge is 0.273 e. The Hall–Kier alpha value is -3.22. The first kappa shape index (κ1) is 16.3. The highest BCUT2D eigenvalue weighted by molar-refractivity contribution is 5.91. The molecule has 3 aromatic rings. The van der Waals surface area contributed by atoms with Crippen molar-refractivity contribution in [3.63, 3.8) is 0 Å². The fraction of sp³-hybridized carbons (Fsp3) is 0.211. The molecule has 1 atom stereocenters. The summed E-state index contributed by atoms with van der Waals surface area (Å²) in [4.78, 5) is 12.3. The lowest BCUT2D eigenvalue weighted by Crippen LogP contribution is -2.34. The number of fused-ring (bicyclic) bond motifs is 1. The number of carbonyl (C=O) groups is 1. The van der Waals surface area contributed by atoms with Crippen molar-refractivity contribution in [2.45, 2.75) is 19.1 Å². The van der Waals surface area contributed by atoms with Gasteiger partial charge in [0.05, 0.1) is 19.3 Å². The molecular formula is C19H17FN4O2. The molecule has 26 heavy (non-hydrogen) atoms. The number of benzene rings is 2. The number of amides is 1. The largest absolute Gasteiger partial charge is 0.488 e. The standard InChI is InChI=1S/C19H17FN4O2/c20-16-7-3-1-6-14(16)11-24-12-17(22-23-24)19(25)21-10-15-9-13-5-2-4-8-18(13)26-15/h1-8,12,15H,9-11H2,(H,21,25). The predicted octanol–water partition coefficient (Wildman–Crippen LogP) is 2.20. The molecule has 0 bridgehead atoms. The fourth-order valence-electron chi connectivity index (χ4n) is 2.95. The Labute approximate surface area is 149 Å². The summed E-state index contributed by atoms with van der Waals surface area (Å²) in [6, 6.07) is 14.3. The summed E-state index contributed by atoms with van der Waals surface area (Å²) >= 11 is 0. The third-order valence-corrected chi connectivity index (χ3v) is 4.27. The van der Waals surface area contributed by atoms with Crippen molar-refractivity contribution in [1.29, 1.82) is 0 Å². The van der Waals surface area contributed by atoms with Crippen LogP contribution in [0.3, 0.4) is 0 Å². The molecule has 4 rings (SSSR count). The highest BCUT2D eigenvalue weighted by Crippen LogP contribution is 2.27. The summed E-state index contributed by atoms with van der Waals surface area (Å²) in [7, 11) is 0. The summed E-state index contributed by atoms with van der Waals surface area (Å²) in [6.07, 6.45) is 2.17. The molecule has 2 heterocycles. The third-order valence-electron chi connectivity index (χ3n) is 4.27. The molecule has 1 unspecified atom stereocenters. The lowest BCUT2D eigenvalue weighted by Gasteiger charge is -2.10. The number of hydrogen-bond acceptors (Lipinski definition) is 4. The van der Waals surface area contributed by atoms with E-state index in [0.717, 1.165) is 17.7 Å². The van der Waals surface area contributed by atoms with E-state index < -0.39 is 0 Å². The van der Waals surface area contributed by atoms with Crippen LogP contribution in [0, 0.1) is 5.82 Å². The van der Waals surface area contributed by atoms with Gasteiger partial charge in [0.1, 0.15) is 17.7 Å². The van der Waals surface area contributed by atoms with E-state index >= 15 is 0 Å². The molecule has 132 valence electrons. The van der Waals surface area contributed by atoms with E-state index in [0.29, 0.717) is 12.1 Å². The monoisotopic (exact) mass is 352 g/mol. The lowest BCUT2D eigenvalue weighted by molar-refractivity contribution is 0.0928. The fourth-order valence-corrected chi connectivity index (χ4v) is 2.95. The minimum Gasteiger partial charge on any atom is -0.488 e. The van der Waals surface area contributed by atoms with Crippen molar-refractivity contribution >= 4 is 5.91 Å². The SMILES string of the molecule is O=C(NCC1Cc2ccccc2O1)c1cn(Cc2ccccc2F)nn1. The zero-order chi connectivity index (χ0) is 17.9. The van der Waals surface area contributed by atoms with Crippen LogP contribution in [-0.2, 0) is 13.0 Å². The third kappa shape index (κ3) is 3.42. The second kappa shape index (κ2) is 6.95. The van der Waals surface area contributed by atoms with Gasteiger partial charge in [0.15, 0.2) is 5.69 Å². The highest BCUT2D eigenvalue weighted by Gasteiger charge is 2.23. The van der Waals surface area contributed by atoms with Crippen molar-refractivity contribution < 1.29 is 13.9 Å². The first-order valence-corrected chi connectivity index (χ1v) is 8.35. The summed E-state index contributed by atoms with van der Waals surface area (Å²) in [5.41, 5.74) is 1.82. The molecule has 0 spiro atoms. The van der Waals surface area contributed by atoms with Crippen molar-refractivity contribution in [3.8, 4) is 5.75 Å². The van der Waals surface area contributed by atoms with Crippen LogP contribution in [-0.4, -0.2) is 33.5 Å². The number of carbonyl (C=O) groups excluding carboxylic acids is 1. The Morgan fingerprint density at radius 1 is 1.23 bits per heavy atom. The second-order valence-corrected chi connectivity index (χ2v) is 6.15. The van der Waals surface area contributed by atoms with Crippen molar-refractivity contribution in [2.24, 2.45) is 0 Å². The van der Waals surface area contributed by atoms with Gasteiger partial charge in [-0.25, -0.2) is 9.07 Å². The molecule has 1 aromatic heterocycles. The minimum atomic E-state index is -0.329. The van der Waals surface area contributed by atoms with Gasteiger partial charge >= 0.3 is 0 Å². The lowest BCUT2D eigenvalue weighted by atomic mass is 10.1. The molecule has 0 saturated heterocycles. The van der Waals surface area contributed by atoms with E-state index in [4.69, 9.17) is 4.74 Å². The van der Waals surface area contributed by atoms with Gasteiger partial charge in [0.2, 0.25) is 0 Å². The predicted molar refractivity (Wildman–Crippen MR) is 92.4 cm³/mol. The minimum absolute atomic E-state index is 0.0928. The molecule has 1 aliphatic heterocycles. The molecule has 7 heteroatoms. The number of rotatable bonds is 5. The summed E-state index contributed by atoms with van der Waals surface area (Å²) in [6.45, 7) is 0.599. The zero-order valence-electron chi connectivity index (χ0n) is 13.9. The molecular weight excluding hydrogens is 335 g/mol. The summed E-state index contributed by atoms with van der Waals surface area (Å²) < 4.78 is 20.9. The Kier molecular flexibility index (Phi) is 4.35. The van der Waals surface area contributed by atoms with E-state index in [2.05, 4.69) is 15.6 Å². The molecule has 1 N–H and O–H groups in total. The van der Waals surface area contributed by atoms with E-state index in [-0.39, 0.29) is 30.1 Å². The molecule has 0 fully saturated rings. The van der Waals surface area contributed by atoms with Gasteiger partial charge in [-0.2, -0.15) is 0 Å². The molecule has 0 saturated carbocycles. The molecule has 2 aromatic carbocycles. The molecule has 6 nitrogen and oxygen atoms in total. The second-order valence-electron chi connectivity index (χ2n) is 6.15. The van der Waals surface area contributed by atoms with Crippen molar-refractivity contribution in [2.75, 3.05) is 6.54 Å². The maximum absolute atomic E-state index is 13.7. The highest BCUT2D eigenvalue weighted by atomic mass is 19.1. The van der Waals surface area contributed by atoms with Crippen molar-refractivity contribution in [1.82, 2.24) is 20.3 Å². The number of hydrogen-bond donors (Lipinski definition) is 1. The Bertz CT molecular complexity index is 916. The Morgan fingerprint density at radius 3 is 2.88 bits per heavy atom. The molecule has 1 aliphatic rings. The van der Waals surface area contributed by atoms with E-state index in [9.17, 15) is 9.18 Å². The first-order valence-electron chi connectivity index (χ1n) is 8.35. The van der Waals surface area contributed by atoms with E-state index in [1.165, 1.54) is 16.9 Å². The summed E-state index contributed by atoms with van der Waals surface area (Å²) in [5, 5.41) is 10.6. The van der Waals surface area contributed by atoms with Crippen LogP contribution in [0.5, 0.6) is 5.75 Å². The number of para-hydroxylation sites is 1. The molecule has 0 aliphatic carbocycles. The van der Waals surface area contributed by atoms with Crippen molar-refractivity contribution in [3.05, 3.63) is 77.4 Å². The van der Waals surface area contributed by atoms with Crippen LogP contribution < -0.4 is 10.1 Å². The van der Waals surface area contributed by atoms with Gasteiger partial charge in [-0.1, -0.05) is 41.6 Å². The van der Waals surface area contributed by atoms with Crippen LogP contribution in [0.2, 0.25) is 0 Å². The van der Waals surface area contributed by atoms with Crippen LogP contribution in [0.1, 0.15) is 21.6 Å². The summed E-state index contributed by atoms with van der Waals surface area (Å²) in [5.74, 6) is 0.221. The zero-order valence-corrected chi connectivity index (χ0v) is 13.9. The number of halogens is 1. The number of nitrogens with zero attached hydrogens (tertiary/aromatic N) is 3. The molecule has 1 amide bonds. The maximum atomic E-state index is 13.7. The van der Waals surface area contributed by atoms with Gasteiger partial charge in [0, 0.05) is 12.0 Å². The number of ether oxygens (including phenoxy) is 1. The van der Waals surface area contributed by atoms with Crippen LogP contribution in [0.25, 0.3) is 0 Å². The van der Waals surface area contributed by atoms with Crippen LogP contribution >= 0.6 is 0 Å². The Balaban J connectivity index is 1.33. The quantitative estimate of drug-likeness (QED) is 0.764. The average Bonchev–Trinajstić information content (AvgIpc) is 3.28. The first-order chi connectivity index (χ1) is 12.7. The van der Waals surface area contributed by atoms with Crippen LogP contribution in [0.4, 0.5) is 4.39 Å². The number of aromatic nitrogens is 3. The number of nitrogens with one attached hydrogen (secondary N) is 1. The normalized spacial score (nSPS) is 15.3. The van der Waals surface area contributed by atoms with Gasteiger partial charge < -0.3 is 10.1 Å². The topological polar surface area (TPSA) is 69.0 Å². The van der Waals surface area contributed by atoms with Gasteiger partial charge in [-0.3, -0.25) is 4.79 Å². The average molecular weight is 352 g/mol. The molecule has 0 radical (unpaired) electrons. The van der Waals surface area contributed by atoms with Gasteiger partial charge in [-0.05, 0) is 17.7 Å². The van der Waals surface area contributed by atoms with Gasteiger partial charge in [-0.15, -0.1) is 5.10 Å².